The monoisotopic (exact) mass is 384 g/mol. The highest BCUT2D eigenvalue weighted by molar-refractivity contribution is 9.10. The SMILES string of the molecule is O=C(Nc1nnc2ccccn12)C1(c2ccc(Br)cc2)CCCC1. The molecule has 1 fully saturated rings. The molecule has 3 aromatic rings. The van der Waals surface area contributed by atoms with Gasteiger partial charge in [0.05, 0.1) is 5.41 Å². The van der Waals surface area contributed by atoms with Crippen LogP contribution in [0.1, 0.15) is 31.2 Å². The van der Waals surface area contributed by atoms with Gasteiger partial charge in [-0.1, -0.05) is 47.0 Å². The second-order valence-electron chi connectivity index (χ2n) is 6.20. The molecule has 0 bridgehead atoms. The van der Waals surface area contributed by atoms with Crippen molar-refractivity contribution in [2.45, 2.75) is 31.1 Å². The third-order valence-corrected chi connectivity index (χ3v) is 5.36. The van der Waals surface area contributed by atoms with Gasteiger partial charge in [0.1, 0.15) is 0 Å². The van der Waals surface area contributed by atoms with Crippen molar-refractivity contribution in [3.8, 4) is 0 Å². The summed E-state index contributed by atoms with van der Waals surface area (Å²) < 4.78 is 2.81. The van der Waals surface area contributed by atoms with Crippen molar-refractivity contribution in [2.75, 3.05) is 5.32 Å². The number of hydrogen-bond acceptors (Lipinski definition) is 3. The fraction of sp³-hybridized carbons (Fsp3) is 0.278. The van der Waals surface area contributed by atoms with Crippen LogP contribution in [0.5, 0.6) is 0 Å². The predicted octanol–water partition coefficient (Wildman–Crippen LogP) is 3.94. The molecule has 1 saturated carbocycles. The maximum Gasteiger partial charge on any atom is 0.237 e. The molecule has 0 saturated heterocycles. The maximum absolute atomic E-state index is 13.2. The molecule has 0 radical (unpaired) electrons. The normalized spacial score (nSPS) is 16.4. The Labute approximate surface area is 148 Å². The number of pyridine rings is 1. The van der Waals surface area contributed by atoms with Crippen molar-refractivity contribution in [3.63, 3.8) is 0 Å². The van der Waals surface area contributed by atoms with Crippen LogP contribution in [-0.4, -0.2) is 20.5 Å². The van der Waals surface area contributed by atoms with E-state index in [1.54, 1.807) is 4.40 Å². The molecule has 0 spiro atoms. The number of carbonyl (C=O) groups is 1. The molecule has 1 aliphatic rings. The Morgan fingerprint density at radius 2 is 1.83 bits per heavy atom. The smallest absolute Gasteiger partial charge is 0.237 e. The minimum Gasteiger partial charge on any atom is -0.294 e. The number of carbonyl (C=O) groups excluding carboxylic acids is 1. The molecule has 0 unspecified atom stereocenters. The van der Waals surface area contributed by atoms with Crippen molar-refractivity contribution in [1.29, 1.82) is 0 Å². The largest absolute Gasteiger partial charge is 0.294 e. The Kier molecular flexibility index (Phi) is 3.84. The standard InChI is InChI=1S/C18H17BrN4O/c19-14-8-6-13(7-9-14)18(10-2-3-11-18)16(24)20-17-22-21-15-5-1-4-12-23(15)17/h1,4-9,12H,2-3,10-11H2,(H,20,22,24). The van der Waals surface area contributed by atoms with Crippen molar-refractivity contribution in [1.82, 2.24) is 14.6 Å². The molecule has 5 nitrogen and oxygen atoms in total. The third kappa shape index (κ3) is 2.51. The van der Waals surface area contributed by atoms with E-state index in [4.69, 9.17) is 0 Å². The van der Waals surface area contributed by atoms with Crippen LogP contribution in [0.25, 0.3) is 5.65 Å². The first-order valence-electron chi connectivity index (χ1n) is 8.06. The first-order chi connectivity index (χ1) is 11.7. The van der Waals surface area contributed by atoms with Crippen LogP contribution in [0.4, 0.5) is 5.95 Å². The summed E-state index contributed by atoms with van der Waals surface area (Å²) in [6.45, 7) is 0. The number of fused-ring (bicyclic) bond motifs is 1. The fourth-order valence-corrected chi connectivity index (χ4v) is 3.81. The molecular weight excluding hydrogens is 368 g/mol. The molecular formula is C18H17BrN4O. The van der Waals surface area contributed by atoms with Gasteiger partial charge in [0.15, 0.2) is 5.65 Å². The molecule has 6 heteroatoms. The highest BCUT2D eigenvalue weighted by Gasteiger charge is 2.43. The Balaban J connectivity index is 1.69. The highest BCUT2D eigenvalue weighted by Crippen LogP contribution is 2.42. The van der Waals surface area contributed by atoms with E-state index in [9.17, 15) is 4.79 Å². The zero-order valence-electron chi connectivity index (χ0n) is 13.1. The van der Waals surface area contributed by atoms with Crippen LogP contribution in [0.15, 0.2) is 53.1 Å². The van der Waals surface area contributed by atoms with Crippen LogP contribution < -0.4 is 5.32 Å². The highest BCUT2D eigenvalue weighted by atomic mass is 79.9. The van der Waals surface area contributed by atoms with Gasteiger partial charge >= 0.3 is 0 Å². The van der Waals surface area contributed by atoms with Gasteiger partial charge in [-0.3, -0.25) is 14.5 Å². The van der Waals surface area contributed by atoms with Gasteiger partial charge in [-0.05, 0) is 42.7 Å². The van der Waals surface area contributed by atoms with Crippen LogP contribution in [0, 0.1) is 0 Å². The van der Waals surface area contributed by atoms with Crippen molar-refractivity contribution >= 4 is 33.4 Å². The number of nitrogens with one attached hydrogen (secondary N) is 1. The number of rotatable bonds is 3. The molecule has 2 aromatic heterocycles. The number of halogens is 1. The average molecular weight is 385 g/mol. The topological polar surface area (TPSA) is 59.3 Å². The first-order valence-corrected chi connectivity index (χ1v) is 8.86. The molecule has 1 amide bonds. The number of anilines is 1. The molecule has 24 heavy (non-hydrogen) atoms. The van der Waals surface area contributed by atoms with E-state index in [0.717, 1.165) is 41.4 Å². The van der Waals surface area contributed by atoms with E-state index >= 15 is 0 Å². The van der Waals surface area contributed by atoms with Crippen molar-refractivity contribution in [2.24, 2.45) is 0 Å². The fourth-order valence-electron chi connectivity index (χ4n) is 3.54. The van der Waals surface area contributed by atoms with Crippen LogP contribution >= 0.6 is 15.9 Å². The Morgan fingerprint density at radius 1 is 1.08 bits per heavy atom. The van der Waals surface area contributed by atoms with E-state index in [1.807, 2.05) is 48.7 Å². The number of benzene rings is 1. The number of nitrogens with zero attached hydrogens (tertiary/aromatic N) is 3. The number of hydrogen-bond donors (Lipinski definition) is 1. The maximum atomic E-state index is 13.2. The summed E-state index contributed by atoms with van der Waals surface area (Å²) >= 11 is 3.46. The lowest BCUT2D eigenvalue weighted by molar-refractivity contribution is -0.121. The Morgan fingerprint density at radius 3 is 2.58 bits per heavy atom. The van der Waals surface area contributed by atoms with E-state index in [1.165, 1.54) is 0 Å². The summed E-state index contributed by atoms with van der Waals surface area (Å²) in [6.07, 6.45) is 5.69. The van der Waals surface area contributed by atoms with Gasteiger partial charge in [-0.15, -0.1) is 10.2 Å². The number of amides is 1. The van der Waals surface area contributed by atoms with Crippen LogP contribution in [0.3, 0.4) is 0 Å². The molecule has 2 heterocycles. The second-order valence-corrected chi connectivity index (χ2v) is 7.12. The van der Waals surface area contributed by atoms with Gasteiger partial charge in [0.2, 0.25) is 11.9 Å². The number of aromatic nitrogens is 3. The molecule has 4 rings (SSSR count). The zero-order chi connectivity index (χ0) is 16.6. The van der Waals surface area contributed by atoms with E-state index in [0.29, 0.717) is 5.95 Å². The van der Waals surface area contributed by atoms with Gasteiger partial charge in [-0.25, -0.2) is 0 Å². The van der Waals surface area contributed by atoms with Gasteiger partial charge in [-0.2, -0.15) is 0 Å². The van der Waals surface area contributed by atoms with Crippen molar-refractivity contribution in [3.05, 3.63) is 58.7 Å². The summed E-state index contributed by atoms with van der Waals surface area (Å²) in [7, 11) is 0. The third-order valence-electron chi connectivity index (χ3n) is 4.83. The minimum absolute atomic E-state index is 0.000440. The second kappa shape index (κ2) is 6.02. The Bertz CT molecular complexity index is 881. The van der Waals surface area contributed by atoms with E-state index in [-0.39, 0.29) is 5.91 Å². The summed E-state index contributed by atoms with van der Waals surface area (Å²) in [5.41, 5.74) is 1.30. The molecule has 1 aliphatic carbocycles. The quantitative estimate of drug-likeness (QED) is 0.743. The summed E-state index contributed by atoms with van der Waals surface area (Å²) in [5.74, 6) is 0.472. The molecule has 0 atom stereocenters. The summed E-state index contributed by atoms with van der Waals surface area (Å²) in [5, 5.41) is 11.2. The van der Waals surface area contributed by atoms with E-state index < -0.39 is 5.41 Å². The van der Waals surface area contributed by atoms with Crippen LogP contribution in [0.2, 0.25) is 0 Å². The average Bonchev–Trinajstić information content (AvgIpc) is 3.24. The lowest BCUT2D eigenvalue weighted by atomic mass is 9.78. The lowest BCUT2D eigenvalue weighted by Crippen LogP contribution is -2.38. The predicted molar refractivity (Wildman–Crippen MR) is 95.9 cm³/mol. The minimum atomic E-state index is -0.485. The summed E-state index contributed by atoms with van der Waals surface area (Å²) in [4.78, 5) is 13.2. The zero-order valence-corrected chi connectivity index (χ0v) is 14.7. The molecule has 0 aliphatic heterocycles. The molecule has 1 aromatic carbocycles. The molecule has 122 valence electrons. The van der Waals surface area contributed by atoms with Crippen molar-refractivity contribution < 1.29 is 4.79 Å². The van der Waals surface area contributed by atoms with E-state index in [2.05, 4.69) is 31.4 Å². The van der Waals surface area contributed by atoms with Gasteiger partial charge in [0, 0.05) is 10.7 Å². The molecule has 1 N–H and O–H groups in total. The van der Waals surface area contributed by atoms with Gasteiger partial charge in [0.25, 0.3) is 0 Å². The summed E-state index contributed by atoms with van der Waals surface area (Å²) in [6, 6.07) is 13.7. The first kappa shape index (κ1) is 15.3. The van der Waals surface area contributed by atoms with Crippen LogP contribution in [-0.2, 0) is 10.2 Å². The van der Waals surface area contributed by atoms with Gasteiger partial charge < -0.3 is 0 Å². The lowest BCUT2D eigenvalue weighted by Gasteiger charge is -2.28. The Hall–Kier alpha value is -2.21.